The molecule has 0 saturated carbocycles. The van der Waals surface area contributed by atoms with Crippen molar-refractivity contribution in [3.63, 3.8) is 0 Å². The number of fused-ring (bicyclic) bond motifs is 1. The van der Waals surface area contributed by atoms with Crippen LogP contribution in [-0.2, 0) is 11.2 Å². The summed E-state index contributed by atoms with van der Waals surface area (Å²) in [5.41, 5.74) is 12.3. The van der Waals surface area contributed by atoms with Crippen LogP contribution in [0.5, 0.6) is 5.75 Å². The number of ether oxygens (including phenoxy) is 2. The number of hydrogen-bond acceptors (Lipinski definition) is 3. The molecule has 1 atom stereocenters. The van der Waals surface area contributed by atoms with E-state index in [0.29, 0.717) is 0 Å². The number of carbonyl (C=O) groups is 1. The predicted octanol–water partition coefficient (Wildman–Crippen LogP) is 6.26. The van der Waals surface area contributed by atoms with E-state index < -0.39 is 6.09 Å². The molecule has 3 rings (SSSR count). The van der Waals surface area contributed by atoms with Gasteiger partial charge in [0.2, 0.25) is 0 Å². The highest BCUT2D eigenvalue weighted by atomic mass is 16.6. The molecule has 156 valence electrons. The third-order valence-electron chi connectivity index (χ3n) is 6.41. The Morgan fingerprint density at radius 1 is 1.07 bits per heavy atom. The first kappa shape index (κ1) is 21.2. The molecule has 0 aliphatic heterocycles. The highest BCUT2D eigenvalue weighted by molar-refractivity contribution is 5.70. The summed E-state index contributed by atoms with van der Waals surface area (Å²) >= 11 is 0. The monoisotopic (exact) mass is 395 g/mol. The van der Waals surface area contributed by atoms with Gasteiger partial charge in [-0.25, -0.2) is 4.79 Å². The molecule has 0 heterocycles. The molecule has 4 nitrogen and oxygen atoms in total. The Morgan fingerprint density at radius 3 is 2.28 bits per heavy atom. The van der Waals surface area contributed by atoms with Crippen LogP contribution in [0.15, 0.2) is 30.3 Å². The molecule has 1 aliphatic rings. The number of nitrogens with two attached hydrogens (primary N) is 1. The van der Waals surface area contributed by atoms with Gasteiger partial charge in [-0.1, -0.05) is 39.0 Å². The third kappa shape index (κ3) is 3.98. The van der Waals surface area contributed by atoms with Crippen molar-refractivity contribution in [1.29, 1.82) is 0 Å². The van der Waals surface area contributed by atoms with Crippen molar-refractivity contribution < 1.29 is 14.3 Å². The van der Waals surface area contributed by atoms with E-state index in [4.69, 9.17) is 15.2 Å². The van der Waals surface area contributed by atoms with Crippen molar-refractivity contribution in [3.8, 4) is 16.9 Å². The smallest absolute Gasteiger partial charge is 0.405 e. The predicted molar refractivity (Wildman–Crippen MR) is 117 cm³/mol. The average molecular weight is 396 g/mol. The number of benzene rings is 2. The van der Waals surface area contributed by atoms with E-state index in [9.17, 15) is 4.79 Å². The Labute approximate surface area is 174 Å². The van der Waals surface area contributed by atoms with E-state index in [1.807, 2.05) is 0 Å². The second-order valence-corrected chi connectivity index (χ2v) is 8.26. The van der Waals surface area contributed by atoms with Gasteiger partial charge >= 0.3 is 6.09 Å². The lowest BCUT2D eigenvalue weighted by atomic mass is 9.77. The molecule has 1 unspecified atom stereocenters. The summed E-state index contributed by atoms with van der Waals surface area (Å²) in [4.78, 5) is 11.5. The lowest BCUT2D eigenvalue weighted by molar-refractivity contribution is 0.0140. The normalized spacial score (nSPS) is 17.1. The second kappa shape index (κ2) is 8.48. The van der Waals surface area contributed by atoms with Crippen LogP contribution in [0.25, 0.3) is 11.1 Å². The summed E-state index contributed by atoms with van der Waals surface area (Å²) in [6.07, 6.45) is 2.80. The van der Waals surface area contributed by atoms with Gasteiger partial charge in [0.25, 0.3) is 0 Å². The lowest BCUT2D eigenvalue weighted by Gasteiger charge is -2.32. The topological polar surface area (TPSA) is 61.6 Å². The number of amides is 1. The van der Waals surface area contributed by atoms with E-state index in [2.05, 4.69) is 65.0 Å². The van der Waals surface area contributed by atoms with Crippen LogP contribution < -0.4 is 10.5 Å². The van der Waals surface area contributed by atoms with Crippen LogP contribution in [0.1, 0.15) is 68.4 Å². The van der Waals surface area contributed by atoms with Gasteiger partial charge in [-0.15, -0.1) is 0 Å². The van der Waals surface area contributed by atoms with E-state index in [1.165, 1.54) is 16.7 Å². The van der Waals surface area contributed by atoms with Gasteiger partial charge in [0.05, 0.1) is 6.61 Å². The fourth-order valence-corrected chi connectivity index (χ4v) is 4.72. The Balaban J connectivity index is 1.99. The molecule has 0 bridgehead atoms. The minimum absolute atomic E-state index is 0.0837. The Hall–Kier alpha value is -2.49. The third-order valence-corrected chi connectivity index (χ3v) is 6.41. The number of aryl methyl sites for hydroxylation is 2. The molecule has 0 spiro atoms. The van der Waals surface area contributed by atoms with Gasteiger partial charge in [0, 0.05) is 5.41 Å². The first-order chi connectivity index (χ1) is 13.8. The molecule has 2 aromatic rings. The van der Waals surface area contributed by atoms with Crippen LogP contribution >= 0.6 is 0 Å². The lowest BCUT2D eigenvalue weighted by Crippen LogP contribution is -2.30. The summed E-state index contributed by atoms with van der Waals surface area (Å²) in [5.74, 6) is 0.989. The van der Waals surface area contributed by atoms with Crippen molar-refractivity contribution in [3.05, 3.63) is 52.6 Å². The SMILES string of the molecule is CCCOc1c(C)cc(-c2ccc3c(c2)CC(CC)(CC)C3OC(N)=O)cc1C. The van der Waals surface area contributed by atoms with Crippen LogP contribution in [0.3, 0.4) is 0 Å². The molecule has 0 saturated heterocycles. The first-order valence-electron chi connectivity index (χ1n) is 10.7. The number of primary amides is 1. The fraction of sp³-hybridized carbons (Fsp3) is 0.480. The van der Waals surface area contributed by atoms with E-state index in [-0.39, 0.29) is 11.5 Å². The fourth-order valence-electron chi connectivity index (χ4n) is 4.72. The molecule has 0 fully saturated rings. The Bertz CT molecular complexity index is 876. The molecule has 1 amide bonds. The number of carbonyl (C=O) groups excluding carboxylic acids is 1. The highest BCUT2D eigenvalue weighted by Gasteiger charge is 2.46. The number of rotatable bonds is 7. The summed E-state index contributed by atoms with van der Waals surface area (Å²) in [5, 5.41) is 0. The highest BCUT2D eigenvalue weighted by Crippen LogP contribution is 2.52. The maximum Gasteiger partial charge on any atom is 0.405 e. The van der Waals surface area contributed by atoms with Crippen LogP contribution in [0.2, 0.25) is 0 Å². The maximum absolute atomic E-state index is 11.5. The summed E-state index contributed by atoms with van der Waals surface area (Å²) in [7, 11) is 0. The molecular formula is C25H33NO3. The van der Waals surface area contributed by atoms with Gasteiger partial charge in [-0.05, 0) is 85.0 Å². The summed E-state index contributed by atoms with van der Waals surface area (Å²) in [6.45, 7) is 11.4. The molecule has 2 N–H and O–H groups in total. The van der Waals surface area contributed by atoms with Gasteiger partial charge in [0.1, 0.15) is 11.9 Å². The van der Waals surface area contributed by atoms with Crippen LogP contribution in [0, 0.1) is 19.3 Å². The van der Waals surface area contributed by atoms with Crippen molar-refractivity contribution in [2.45, 2.75) is 66.4 Å². The summed E-state index contributed by atoms with van der Waals surface area (Å²) in [6, 6.07) is 10.9. The van der Waals surface area contributed by atoms with Crippen LogP contribution in [0.4, 0.5) is 4.79 Å². The van der Waals surface area contributed by atoms with Crippen molar-refractivity contribution in [2.75, 3.05) is 6.61 Å². The zero-order chi connectivity index (χ0) is 21.2. The second-order valence-electron chi connectivity index (χ2n) is 8.26. The molecule has 4 heteroatoms. The molecular weight excluding hydrogens is 362 g/mol. The van der Waals surface area contributed by atoms with E-state index in [1.54, 1.807) is 0 Å². The molecule has 0 radical (unpaired) electrons. The van der Waals surface area contributed by atoms with E-state index in [0.717, 1.165) is 54.7 Å². The minimum atomic E-state index is -0.702. The standard InChI is InChI=1S/C25H33NO3/c1-6-11-28-22-16(4)12-19(13-17(22)5)18-9-10-21-20(14-18)15-25(7-2,8-3)23(21)29-24(26)27/h9-10,12-14,23H,6-8,11,15H2,1-5H3,(H2,26,27). The van der Waals surface area contributed by atoms with Crippen molar-refractivity contribution in [2.24, 2.45) is 11.1 Å². The zero-order valence-electron chi connectivity index (χ0n) is 18.3. The maximum atomic E-state index is 11.5. The van der Waals surface area contributed by atoms with Crippen LogP contribution in [-0.4, -0.2) is 12.7 Å². The molecule has 2 aromatic carbocycles. The Kier molecular flexibility index (Phi) is 6.21. The average Bonchev–Trinajstić information content (AvgIpc) is 3.00. The quantitative estimate of drug-likeness (QED) is 0.602. The van der Waals surface area contributed by atoms with Gasteiger partial charge in [0.15, 0.2) is 0 Å². The molecule has 1 aliphatic carbocycles. The summed E-state index contributed by atoms with van der Waals surface area (Å²) < 4.78 is 11.5. The van der Waals surface area contributed by atoms with Gasteiger partial charge in [-0.2, -0.15) is 0 Å². The zero-order valence-corrected chi connectivity index (χ0v) is 18.3. The minimum Gasteiger partial charge on any atom is -0.493 e. The van der Waals surface area contributed by atoms with Gasteiger partial charge < -0.3 is 15.2 Å². The van der Waals surface area contributed by atoms with Crippen molar-refractivity contribution >= 4 is 6.09 Å². The van der Waals surface area contributed by atoms with Gasteiger partial charge in [-0.3, -0.25) is 0 Å². The van der Waals surface area contributed by atoms with E-state index >= 15 is 0 Å². The first-order valence-corrected chi connectivity index (χ1v) is 10.7. The largest absolute Gasteiger partial charge is 0.493 e. The Morgan fingerprint density at radius 2 is 1.72 bits per heavy atom. The molecule has 0 aromatic heterocycles. The van der Waals surface area contributed by atoms with Crippen molar-refractivity contribution in [1.82, 2.24) is 0 Å². The number of hydrogen-bond donors (Lipinski definition) is 1. The molecule has 29 heavy (non-hydrogen) atoms.